The van der Waals surface area contributed by atoms with Crippen molar-refractivity contribution in [3.05, 3.63) is 77.1 Å². The van der Waals surface area contributed by atoms with Crippen LogP contribution in [-0.2, 0) is 11.3 Å². The number of hydrogen-bond acceptors (Lipinski definition) is 4. The number of aromatic nitrogens is 2. The van der Waals surface area contributed by atoms with Crippen LogP contribution in [0.1, 0.15) is 46.1 Å². The summed E-state index contributed by atoms with van der Waals surface area (Å²) in [6, 6.07) is 16.0. The number of ether oxygens (including phenoxy) is 1. The third kappa shape index (κ3) is 2.77. The van der Waals surface area contributed by atoms with Crippen molar-refractivity contribution in [1.29, 1.82) is 0 Å². The first-order valence-electron chi connectivity index (χ1n) is 9.97. The van der Waals surface area contributed by atoms with Gasteiger partial charge >= 0.3 is 12.1 Å². The number of rotatable bonds is 3. The predicted molar refractivity (Wildman–Crippen MR) is 109 cm³/mol. The fourth-order valence-electron chi connectivity index (χ4n) is 4.65. The van der Waals surface area contributed by atoms with Crippen LogP contribution in [0, 0.1) is 0 Å². The summed E-state index contributed by atoms with van der Waals surface area (Å²) in [6.07, 6.45) is 0.906. The summed E-state index contributed by atoms with van der Waals surface area (Å²) in [5, 5.41) is 13.6. The minimum Gasteiger partial charge on any atom is -0.478 e. The van der Waals surface area contributed by atoms with Gasteiger partial charge in [0.1, 0.15) is 12.2 Å². The molecule has 1 atom stereocenters. The van der Waals surface area contributed by atoms with E-state index in [1.165, 1.54) is 17.3 Å². The monoisotopic (exact) mass is 403 g/mol. The van der Waals surface area contributed by atoms with E-state index in [2.05, 4.69) is 29.4 Å². The van der Waals surface area contributed by atoms with Crippen molar-refractivity contribution in [3.63, 3.8) is 0 Å². The summed E-state index contributed by atoms with van der Waals surface area (Å²) in [5.74, 6) is -1.06. The molecule has 0 bridgehead atoms. The fourth-order valence-corrected chi connectivity index (χ4v) is 4.65. The topological polar surface area (TPSA) is 84.7 Å². The molecular weight excluding hydrogens is 382 g/mol. The number of carbonyl (C=O) groups excluding carboxylic acids is 1. The van der Waals surface area contributed by atoms with Crippen molar-refractivity contribution in [2.45, 2.75) is 25.4 Å². The average molecular weight is 403 g/mol. The van der Waals surface area contributed by atoms with E-state index >= 15 is 0 Å². The van der Waals surface area contributed by atoms with Gasteiger partial charge in [-0.05, 0) is 29.2 Å². The number of carboxylic acid groups (broad SMARTS) is 1. The number of aromatic carboxylic acids is 1. The maximum absolute atomic E-state index is 12.9. The van der Waals surface area contributed by atoms with E-state index < -0.39 is 18.1 Å². The largest absolute Gasteiger partial charge is 0.478 e. The van der Waals surface area contributed by atoms with Gasteiger partial charge in [-0.25, -0.2) is 9.59 Å². The van der Waals surface area contributed by atoms with Crippen LogP contribution in [0.25, 0.3) is 11.1 Å². The highest BCUT2D eigenvalue weighted by atomic mass is 16.6. The summed E-state index contributed by atoms with van der Waals surface area (Å²) in [4.78, 5) is 26.0. The van der Waals surface area contributed by atoms with E-state index in [4.69, 9.17) is 4.74 Å². The Morgan fingerprint density at radius 1 is 1.07 bits per heavy atom. The highest BCUT2D eigenvalue weighted by Gasteiger charge is 2.35. The van der Waals surface area contributed by atoms with Gasteiger partial charge in [0.2, 0.25) is 0 Å². The Labute approximate surface area is 173 Å². The van der Waals surface area contributed by atoms with E-state index in [0.717, 1.165) is 11.1 Å². The fraction of sp³-hybridized carbons (Fsp3) is 0.261. The van der Waals surface area contributed by atoms with E-state index in [0.29, 0.717) is 18.8 Å². The third-order valence-corrected chi connectivity index (χ3v) is 6.10. The van der Waals surface area contributed by atoms with Gasteiger partial charge in [0.25, 0.3) is 0 Å². The molecule has 2 aliphatic rings. The van der Waals surface area contributed by atoms with Crippen LogP contribution < -0.4 is 0 Å². The zero-order valence-corrected chi connectivity index (χ0v) is 16.5. The van der Waals surface area contributed by atoms with Crippen LogP contribution in [0.2, 0.25) is 0 Å². The molecule has 3 aromatic rings. The minimum absolute atomic E-state index is 0.0124. The molecule has 0 spiro atoms. The van der Waals surface area contributed by atoms with Crippen LogP contribution in [0.15, 0.2) is 54.7 Å². The van der Waals surface area contributed by atoms with Gasteiger partial charge in [-0.1, -0.05) is 48.5 Å². The molecular formula is C23H21N3O4. The number of carboxylic acids is 1. The zero-order valence-electron chi connectivity index (χ0n) is 16.5. The second-order valence-corrected chi connectivity index (χ2v) is 7.65. The first-order chi connectivity index (χ1) is 14.6. The molecule has 1 amide bonds. The number of fused-ring (bicyclic) bond motifs is 4. The van der Waals surface area contributed by atoms with E-state index in [-0.39, 0.29) is 18.1 Å². The first kappa shape index (κ1) is 18.4. The van der Waals surface area contributed by atoms with Crippen LogP contribution in [-0.4, -0.2) is 45.0 Å². The van der Waals surface area contributed by atoms with Crippen molar-refractivity contribution in [1.82, 2.24) is 14.7 Å². The highest BCUT2D eigenvalue weighted by molar-refractivity contribution is 5.89. The normalized spacial score (nSPS) is 17.2. The molecule has 2 aromatic carbocycles. The van der Waals surface area contributed by atoms with Gasteiger partial charge < -0.3 is 9.84 Å². The predicted octanol–water partition coefficient (Wildman–Crippen LogP) is 3.91. The number of carbonyl (C=O) groups is 2. The molecule has 1 aromatic heterocycles. The molecule has 0 radical (unpaired) electrons. The number of hydrogen-bond donors (Lipinski definition) is 1. The van der Waals surface area contributed by atoms with Crippen LogP contribution in [0.4, 0.5) is 4.79 Å². The third-order valence-electron chi connectivity index (χ3n) is 6.10. The molecule has 5 rings (SSSR count). The summed E-state index contributed by atoms with van der Waals surface area (Å²) in [7, 11) is 0. The SMILES string of the molecule is CC1c2c(C(=O)O)cnn2CCN1C(=O)OCC1c2ccccc2-c2ccccc21. The molecule has 152 valence electrons. The Balaban J connectivity index is 1.36. The molecule has 1 N–H and O–H groups in total. The van der Waals surface area contributed by atoms with Gasteiger partial charge in [-0.2, -0.15) is 5.10 Å². The Hall–Kier alpha value is -3.61. The molecule has 0 saturated carbocycles. The molecule has 1 aliphatic carbocycles. The lowest BCUT2D eigenvalue weighted by Crippen LogP contribution is -2.42. The smallest absolute Gasteiger partial charge is 0.410 e. The quantitative estimate of drug-likeness (QED) is 0.717. The molecule has 1 aliphatic heterocycles. The lowest BCUT2D eigenvalue weighted by atomic mass is 9.98. The standard InChI is InChI=1S/C23H21N3O4/c1-14-21-19(22(27)28)12-24-26(21)11-10-25(14)23(29)30-13-20-17-8-4-2-6-15(17)16-7-3-5-9-18(16)20/h2-9,12,14,20H,10-11,13H2,1H3,(H,27,28). The summed E-state index contributed by atoms with van der Waals surface area (Å²) in [6.45, 7) is 2.91. The second kappa shape index (κ2) is 7.02. The van der Waals surface area contributed by atoms with Gasteiger partial charge in [-0.3, -0.25) is 9.58 Å². The number of nitrogens with zero attached hydrogens (tertiary/aromatic N) is 3. The van der Waals surface area contributed by atoms with Crippen molar-refractivity contribution < 1.29 is 19.4 Å². The van der Waals surface area contributed by atoms with Crippen LogP contribution in [0.5, 0.6) is 0 Å². The maximum Gasteiger partial charge on any atom is 0.410 e. The van der Waals surface area contributed by atoms with Crippen molar-refractivity contribution in [2.24, 2.45) is 0 Å². The first-order valence-corrected chi connectivity index (χ1v) is 9.97. The number of benzene rings is 2. The Kier molecular flexibility index (Phi) is 4.31. The average Bonchev–Trinajstić information content (AvgIpc) is 3.33. The molecule has 0 saturated heterocycles. The zero-order chi connectivity index (χ0) is 20.8. The lowest BCUT2D eigenvalue weighted by molar-refractivity contribution is 0.0663. The molecule has 30 heavy (non-hydrogen) atoms. The van der Waals surface area contributed by atoms with Gasteiger partial charge in [-0.15, -0.1) is 0 Å². The van der Waals surface area contributed by atoms with Crippen molar-refractivity contribution >= 4 is 12.1 Å². The van der Waals surface area contributed by atoms with E-state index in [1.807, 2.05) is 24.3 Å². The molecule has 0 fully saturated rings. The van der Waals surface area contributed by atoms with E-state index in [1.54, 1.807) is 16.5 Å². The van der Waals surface area contributed by atoms with E-state index in [9.17, 15) is 14.7 Å². The summed E-state index contributed by atoms with van der Waals surface area (Å²) >= 11 is 0. The second-order valence-electron chi connectivity index (χ2n) is 7.65. The molecule has 2 heterocycles. The van der Waals surface area contributed by atoms with Gasteiger partial charge in [0, 0.05) is 12.5 Å². The van der Waals surface area contributed by atoms with Crippen molar-refractivity contribution in [3.8, 4) is 11.1 Å². The van der Waals surface area contributed by atoms with Crippen LogP contribution >= 0.6 is 0 Å². The number of amides is 1. The van der Waals surface area contributed by atoms with Gasteiger partial charge in [0.15, 0.2) is 0 Å². The summed E-state index contributed by atoms with van der Waals surface area (Å²) in [5.41, 5.74) is 5.32. The van der Waals surface area contributed by atoms with Gasteiger partial charge in [0.05, 0.1) is 24.5 Å². The molecule has 7 nitrogen and oxygen atoms in total. The Morgan fingerprint density at radius 3 is 2.33 bits per heavy atom. The molecule has 7 heteroatoms. The van der Waals surface area contributed by atoms with Crippen molar-refractivity contribution in [2.75, 3.05) is 13.2 Å². The highest BCUT2D eigenvalue weighted by Crippen LogP contribution is 2.44. The Morgan fingerprint density at radius 2 is 1.70 bits per heavy atom. The lowest BCUT2D eigenvalue weighted by Gasteiger charge is -2.33. The summed E-state index contributed by atoms with van der Waals surface area (Å²) < 4.78 is 7.41. The maximum atomic E-state index is 12.9. The Bertz CT molecular complexity index is 1110. The minimum atomic E-state index is -1.04. The molecule has 1 unspecified atom stereocenters. The van der Waals surface area contributed by atoms with Crippen LogP contribution in [0.3, 0.4) is 0 Å².